The molecule has 0 aliphatic rings. The topological polar surface area (TPSA) is 64.3 Å². The molecular weight excluding hydrogens is 261 g/mol. The lowest BCUT2D eigenvalue weighted by Crippen LogP contribution is -2.36. The first kappa shape index (κ1) is 15.3. The molecule has 0 bridgehead atoms. The van der Waals surface area contributed by atoms with Gasteiger partial charge in [-0.3, -0.25) is 4.79 Å². The number of nitrogens with two attached hydrogens (primary N) is 1. The summed E-state index contributed by atoms with van der Waals surface area (Å²) in [5.74, 6) is -0.424. The standard InChI is InChI=1S/C12H15F3N2O2/c1-8(18)17-9-4-2-3-5-10(9)19-11(6-7-16)12(13,14)15/h2-5,11H,6-7,16H2,1H3,(H,17,18). The first-order chi connectivity index (χ1) is 8.84. The minimum Gasteiger partial charge on any atom is -0.479 e. The first-order valence-electron chi connectivity index (χ1n) is 5.64. The molecule has 1 rings (SSSR count). The van der Waals surface area contributed by atoms with Crippen molar-refractivity contribution in [3.63, 3.8) is 0 Å². The molecule has 0 aromatic heterocycles. The Kier molecular flexibility index (Phi) is 5.17. The molecule has 0 saturated heterocycles. The molecule has 19 heavy (non-hydrogen) atoms. The number of amides is 1. The molecule has 1 aromatic rings. The fourth-order valence-corrected chi connectivity index (χ4v) is 1.46. The fraction of sp³-hybridized carbons (Fsp3) is 0.417. The molecule has 1 atom stereocenters. The molecule has 7 heteroatoms. The van der Waals surface area contributed by atoms with Crippen LogP contribution in [-0.2, 0) is 4.79 Å². The fourth-order valence-electron chi connectivity index (χ4n) is 1.46. The Hall–Kier alpha value is -1.76. The maximum atomic E-state index is 12.7. The second-order valence-corrected chi connectivity index (χ2v) is 3.90. The van der Waals surface area contributed by atoms with E-state index in [9.17, 15) is 18.0 Å². The van der Waals surface area contributed by atoms with Gasteiger partial charge in [0, 0.05) is 13.3 Å². The molecule has 1 amide bonds. The van der Waals surface area contributed by atoms with Crippen LogP contribution in [0.2, 0.25) is 0 Å². The van der Waals surface area contributed by atoms with Crippen molar-refractivity contribution in [3.05, 3.63) is 24.3 Å². The molecule has 0 radical (unpaired) electrons. The predicted octanol–water partition coefficient (Wildman–Crippen LogP) is 2.30. The third-order valence-corrected chi connectivity index (χ3v) is 2.26. The Bertz CT molecular complexity index is 435. The monoisotopic (exact) mass is 276 g/mol. The van der Waals surface area contributed by atoms with Crippen LogP contribution in [-0.4, -0.2) is 24.7 Å². The molecule has 0 heterocycles. The first-order valence-corrected chi connectivity index (χ1v) is 5.64. The summed E-state index contributed by atoms with van der Waals surface area (Å²) in [7, 11) is 0. The SMILES string of the molecule is CC(=O)Nc1ccccc1OC(CCN)C(F)(F)F. The average molecular weight is 276 g/mol. The van der Waals surface area contributed by atoms with E-state index >= 15 is 0 Å². The lowest BCUT2D eigenvalue weighted by atomic mass is 10.2. The maximum absolute atomic E-state index is 12.7. The Morgan fingerprint density at radius 3 is 2.58 bits per heavy atom. The second-order valence-electron chi connectivity index (χ2n) is 3.90. The van der Waals surface area contributed by atoms with Crippen molar-refractivity contribution < 1.29 is 22.7 Å². The molecule has 0 aliphatic carbocycles. The molecule has 0 fully saturated rings. The third-order valence-electron chi connectivity index (χ3n) is 2.26. The number of nitrogens with one attached hydrogen (secondary N) is 1. The molecule has 0 saturated carbocycles. The van der Waals surface area contributed by atoms with Gasteiger partial charge in [0.05, 0.1) is 5.69 Å². The Morgan fingerprint density at radius 2 is 2.05 bits per heavy atom. The summed E-state index contributed by atoms with van der Waals surface area (Å²) in [6, 6.07) is 5.94. The highest BCUT2D eigenvalue weighted by molar-refractivity contribution is 5.90. The summed E-state index contributed by atoms with van der Waals surface area (Å²) < 4.78 is 43.1. The molecule has 0 spiro atoms. The number of hydrogen-bond acceptors (Lipinski definition) is 3. The van der Waals surface area contributed by atoms with Crippen LogP contribution in [0.25, 0.3) is 0 Å². The lowest BCUT2D eigenvalue weighted by Gasteiger charge is -2.22. The zero-order chi connectivity index (χ0) is 14.5. The summed E-state index contributed by atoms with van der Waals surface area (Å²) in [5, 5.41) is 2.41. The van der Waals surface area contributed by atoms with Crippen LogP contribution in [0.5, 0.6) is 5.75 Å². The van der Waals surface area contributed by atoms with E-state index in [0.29, 0.717) is 0 Å². The molecule has 1 aromatic carbocycles. The van der Waals surface area contributed by atoms with E-state index in [1.54, 1.807) is 6.07 Å². The minimum atomic E-state index is -4.51. The molecular formula is C12H15F3N2O2. The van der Waals surface area contributed by atoms with Gasteiger partial charge in [-0.15, -0.1) is 0 Å². The summed E-state index contributed by atoms with van der Waals surface area (Å²) in [6.07, 6.45) is -6.85. The van der Waals surface area contributed by atoms with Gasteiger partial charge < -0.3 is 15.8 Å². The van der Waals surface area contributed by atoms with Gasteiger partial charge in [-0.25, -0.2) is 0 Å². The maximum Gasteiger partial charge on any atom is 0.425 e. The number of alkyl halides is 3. The number of ether oxygens (including phenoxy) is 1. The average Bonchev–Trinajstić information content (AvgIpc) is 2.29. The van der Waals surface area contributed by atoms with Gasteiger partial charge in [-0.05, 0) is 18.7 Å². The van der Waals surface area contributed by atoms with Crippen molar-refractivity contribution >= 4 is 11.6 Å². The van der Waals surface area contributed by atoms with Gasteiger partial charge in [0.25, 0.3) is 0 Å². The van der Waals surface area contributed by atoms with E-state index < -0.39 is 18.2 Å². The summed E-state index contributed by atoms with van der Waals surface area (Å²) in [5.41, 5.74) is 5.34. The van der Waals surface area contributed by atoms with Crippen molar-refractivity contribution in [2.75, 3.05) is 11.9 Å². The second kappa shape index (κ2) is 6.42. The number of anilines is 1. The molecule has 0 aliphatic heterocycles. The van der Waals surface area contributed by atoms with Crippen LogP contribution < -0.4 is 15.8 Å². The van der Waals surface area contributed by atoms with Crippen LogP contribution in [0.3, 0.4) is 0 Å². The highest BCUT2D eigenvalue weighted by Gasteiger charge is 2.41. The van der Waals surface area contributed by atoms with E-state index in [1.165, 1.54) is 25.1 Å². The number of para-hydroxylation sites is 2. The third kappa shape index (κ3) is 4.78. The number of benzene rings is 1. The Labute approximate surface area is 108 Å². The van der Waals surface area contributed by atoms with Crippen LogP contribution in [0.15, 0.2) is 24.3 Å². The van der Waals surface area contributed by atoms with Gasteiger partial charge in [0.15, 0.2) is 6.10 Å². The van der Waals surface area contributed by atoms with Crippen molar-refractivity contribution in [1.29, 1.82) is 0 Å². The number of halogens is 3. The Balaban J connectivity index is 2.93. The van der Waals surface area contributed by atoms with Gasteiger partial charge in [0.2, 0.25) is 5.91 Å². The minimum absolute atomic E-state index is 0.0338. The summed E-state index contributed by atoms with van der Waals surface area (Å²) in [4.78, 5) is 11.0. The quantitative estimate of drug-likeness (QED) is 0.867. The van der Waals surface area contributed by atoms with Crippen LogP contribution >= 0.6 is 0 Å². The molecule has 1 unspecified atom stereocenters. The van der Waals surface area contributed by atoms with E-state index in [-0.39, 0.29) is 24.4 Å². The lowest BCUT2D eigenvalue weighted by molar-refractivity contribution is -0.195. The van der Waals surface area contributed by atoms with Crippen LogP contribution in [0.1, 0.15) is 13.3 Å². The van der Waals surface area contributed by atoms with Crippen LogP contribution in [0.4, 0.5) is 18.9 Å². The largest absolute Gasteiger partial charge is 0.479 e. The zero-order valence-electron chi connectivity index (χ0n) is 10.3. The number of carbonyl (C=O) groups is 1. The number of carbonyl (C=O) groups excluding carboxylic acids is 1. The van der Waals surface area contributed by atoms with Crippen LogP contribution in [0, 0.1) is 0 Å². The van der Waals surface area contributed by atoms with Gasteiger partial charge in [0.1, 0.15) is 5.75 Å². The van der Waals surface area contributed by atoms with Gasteiger partial charge >= 0.3 is 6.18 Å². The van der Waals surface area contributed by atoms with E-state index in [1.807, 2.05) is 0 Å². The van der Waals surface area contributed by atoms with Crippen molar-refractivity contribution in [3.8, 4) is 5.75 Å². The number of hydrogen-bond donors (Lipinski definition) is 2. The Morgan fingerprint density at radius 1 is 1.42 bits per heavy atom. The van der Waals surface area contributed by atoms with Crippen molar-refractivity contribution in [2.24, 2.45) is 5.73 Å². The predicted molar refractivity (Wildman–Crippen MR) is 64.9 cm³/mol. The smallest absolute Gasteiger partial charge is 0.425 e. The molecule has 106 valence electrons. The molecule has 3 N–H and O–H groups in total. The van der Waals surface area contributed by atoms with E-state index in [2.05, 4.69) is 5.32 Å². The molecule has 4 nitrogen and oxygen atoms in total. The highest BCUT2D eigenvalue weighted by Crippen LogP contribution is 2.31. The van der Waals surface area contributed by atoms with E-state index in [4.69, 9.17) is 10.5 Å². The highest BCUT2D eigenvalue weighted by atomic mass is 19.4. The van der Waals surface area contributed by atoms with Crippen molar-refractivity contribution in [2.45, 2.75) is 25.6 Å². The normalized spacial score (nSPS) is 12.9. The number of rotatable bonds is 5. The zero-order valence-corrected chi connectivity index (χ0v) is 10.3. The van der Waals surface area contributed by atoms with Gasteiger partial charge in [-0.1, -0.05) is 12.1 Å². The van der Waals surface area contributed by atoms with Crippen molar-refractivity contribution in [1.82, 2.24) is 0 Å². The van der Waals surface area contributed by atoms with Gasteiger partial charge in [-0.2, -0.15) is 13.2 Å². The van der Waals surface area contributed by atoms with E-state index in [0.717, 1.165) is 0 Å². The summed E-state index contributed by atoms with van der Waals surface area (Å²) >= 11 is 0. The summed E-state index contributed by atoms with van der Waals surface area (Å²) in [6.45, 7) is 1.12.